The molecule has 1 aliphatic heterocycles. The molecular formula is C14H20F3N3O. The molecular weight excluding hydrogens is 283 g/mol. The van der Waals surface area contributed by atoms with Gasteiger partial charge in [0.15, 0.2) is 0 Å². The molecule has 0 spiro atoms. The first kappa shape index (κ1) is 16.1. The van der Waals surface area contributed by atoms with Crippen LogP contribution in [0.1, 0.15) is 11.7 Å². The molecule has 0 saturated carbocycles. The normalized spacial score (nSPS) is 19.6. The van der Waals surface area contributed by atoms with Gasteiger partial charge in [-0.25, -0.2) is 0 Å². The van der Waals surface area contributed by atoms with E-state index in [1.54, 1.807) is 24.3 Å². The number of rotatable bonds is 4. The number of anilines is 1. The molecule has 7 heteroatoms. The molecule has 0 radical (unpaired) electrons. The number of nitrogens with two attached hydrogens (primary N) is 1. The van der Waals surface area contributed by atoms with E-state index in [1.807, 2.05) is 4.90 Å². The molecule has 21 heavy (non-hydrogen) atoms. The average molecular weight is 303 g/mol. The van der Waals surface area contributed by atoms with Crippen molar-refractivity contribution in [2.24, 2.45) is 0 Å². The number of nitrogen functional groups attached to an aromatic ring is 1. The highest BCUT2D eigenvalue weighted by molar-refractivity contribution is 5.39. The fourth-order valence-electron chi connectivity index (χ4n) is 2.45. The van der Waals surface area contributed by atoms with E-state index >= 15 is 0 Å². The quantitative estimate of drug-likeness (QED) is 0.827. The molecule has 1 unspecified atom stereocenters. The van der Waals surface area contributed by atoms with Crippen LogP contribution in [0.4, 0.5) is 18.9 Å². The lowest BCUT2D eigenvalue weighted by atomic mass is 10.1. The maximum Gasteiger partial charge on any atom is 0.401 e. The predicted molar refractivity (Wildman–Crippen MR) is 74.7 cm³/mol. The summed E-state index contributed by atoms with van der Waals surface area (Å²) in [5.41, 5.74) is 6.98. The van der Waals surface area contributed by atoms with Crippen molar-refractivity contribution in [3.63, 3.8) is 0 Å². The van der Waals surface area contributed by atoms with Gasteiger partial charge in [0.25, 0.3) is 0 Å². The van der Waals surface area contributed by atoms with Crippen molar-refractivity contribution in [3.05, 3.63) is 29.8 Å². The lowest BCUT2D eigenvalue weighted by Crippen LogP contribution is -2.49. The summed E-state index contributed by atoms with van der Waals surface area (Å²) >= 11 is 0. The van der Waals surface area contributed by atoms with Crippen LogP contribution in [-0.4, -0.2) is 60.4 Å². The minimum Gasteiger partial charge on any atom is -0.399 e. The number of nitrogens with zero attached hydrogens (tertiary/aromatic N) is 2. The van der Waals surface area contributed by atoms with Crippen molar-refractivity contribution >= 4 is 5.69 Å². The first-order valence-electron chi connectivity index (χ1n) is 6.88. The molecule has 0 bridgehead atoms. The molecule has 3 N–H and O–H groups in total. The molecule has 1 saturated heterocycles. The Balaban J connectivity index is 1.79. The number of β-amino-alcohol motifs (C(OH)–C–C–N with tert-alkyl or cyclic N) is 1. The Labute approximate surface area is 121 Å². The summed E-state index contributed by atoms with van der Waals surface area (Å²) in [4.78, 5) is 3.37. The van der Waals surface area contributed by atoms with Gasteiger partial charge in [0.2, 0.25) is 0 Å². The number of hydrogen-bond donors (Lipinski definition) is 2. The lowest BCUT2D eigenvalue weighted by Gasteiger charge is -2.35. The molecule has 0 amide bonds. The van der Waals surface area contributed by atoms with Crippen LogP contribution in [0.5, 0.6) is 0 Å². The largest absolute Gasteiger partial charge is 0.401 e. The third-order valence-corrected chi connectivity index (χ3v) is 3.62. The smallest absolute Gasteiger partial charge is 0.399 e. The van der Waals surface area contributed by atoms with Crippen LogP contribution in [-0.2, 0) is 0 Å². The summed E-state index contributed by atoms with van der Waals surface area (Å²) in [5.74, 6) is 0. The average Bonchev–Trinajstić information content (AvgIpc) is 2.40. The minimum absolute atomic E-state index is 0.369. The fraction of sp³-hybridized carbons (Fsp3) is 0.571. The summed E-state index contributed by atoms with van der Waals surface area (Å²) in [6, 6.07) is 6.97. The van der Waals surface area contributed by atoms with Crippen molar-refractivity contribution in [1.82, 2.24) is 9.80 Å². The Hall–Kier alpha value is -1.31. The van der Waals surface area contributed by atoms with E-state index in [4.69, 9.17) is 5.73 Å². The van der Waals surface area contributed by atoms with Crippen LogP contribution in [0.2, 0.25) is 0 Å². The Bertz CT molecular complexity index is 442. The summed E-state index contributed by atoms with van der Waals surface area (Å²) < 4.78 is 36.9. The van der Waals surface area contributed by atoms with E-state index in [1.165, 1.54) is 4.90 Å². The zero-order chi connectivity index (χ0) is 15.5. The molecule has 0 aliphatic carbocycles. The van der Waals surface area contributed by atoms with Crippen molar-refractivity contribution in [2.45, 2.75) is 12.3 Å². The third-order valence-electron chi connectivity index (χ3n) is 3.62. The molecule has 1 aromatic carbocycles. The Kier molecular flexibility index (Phi) is 5.08. The van der Waals surface area contributed by atoms with Crippen LogP contribution >= 0.6 is 0 Å². The zero-order valence-corrected chi connectivity index (χ0v) is 11.7. The van der Waals surface area contributed by atoms with E-state index in [9.17, 15) is 18.3 Å². The summed E-state index contributed by atoms with van der Waals surface area (Å²) in [7, 11) is 0. The van der Waals surface area contributed by atoms with Crippen LogP contribution < -0.4 is 5.73 Å². The SMILES string of the molecule is Nc1ccc(C(O)CN2CCN(CC(F)(F)F)CC2)cc1. The lowest BCUT2D eigenvalue weighted by molar-refractivity contribution is -0.149. The number of aliphatic hydroxyl groups excluding tert-OH is 1. The van der Waals surface area contributed by atoms with E-state index < -0.39 is 18.8 Å². The van der Waals surface area contributed by atoms with Crippen molar-refractivity contribution in [3.8, 4) is 0 Å². The van der Waals surface area contributed by atoms with Crippen molar-refractivity contribution in [2.75, 3.05) is 45.0 Å². The van der Waals surface area contributed by atoms with E-state index in [-0.39, 0.29) is 0 Å². The fourth-order valence-corrected chi connectivity index (χ4v) is 2.45. The highest BCUT2D eigenvalue weighted by Crippen LogP contribution is 2.19. The highest BCUT2D eigenvalue weighted by Gasteiger charge is 2.32. The molecule has 2 rings (SSSR count). The summed E-state index contributed by atoms with van der Waals surface area (Å²) in [5, 5.41) is 10.1. The van der Waals surface area contributed by atoms with Gasteiger partial charge in [0.05, 0.1) is 12.6 Å². The molecule has 1 fully saturated rings. The number of alkyl halides is 3. The Morgan fingerprint density at radius 3 is 2.10 bits per heavy atom. The van der Waals surface area contributed by atoms with Gasteiger partial charge in [-0.2, -0.15) is 13.2 Å². The Morgan fingerprint density at radius 2 is 1.57 bits per heavy atom. The van der Waals surface area contributed by atoms with E-state index in [2.05, 4.69) is 0 Å². The van der Waals surface area contributed by atoms with Crippen molar-refractivity contribution in [1.29, 1.82) is 0 Å². The van der Waals surface area contributed by atoms with Gasteiger partial charge in [-0.15, -0.1) is 0 Å². The van der Waals surface area contributed by atoms with Gasteiger partial charge >= 0.3 is 6.18 Å². The summed E-state index contributed by atoms with van der Waals surface area (Å²) in [6.45, 7) is 1.36. The zero-order valence-electron chi connectivity index (χ0n) is 11.7. The second-order valence-electron chi connectivity index (χ2n) is 5.37. The number of aliphatic hydroxyl groups is 1. The predicted octanol–water partition coefficient (Wildman–Crippen LogP) is 1.48. The second-order valence-corrected chi connectivity index (χ2v) is 5.37. The first-order valence-corrected chi connectivity index (χ1v) is 6.88. The molecule has 4 nitrogen and oxygen atoms in total. The summed E-state index contributed by atoms with van der Waals surface area (Å²) in [6.07, 6.45) is -4.80. The van der Waals surface area contributed by atoms with Crippen LogP contribution in [0.25, 0.3) is 0 Å². The Morgan fingerprint density at radius 1 is 1.05 bits per heavy atom. The third kappa shape index (κ3) is 5.18. The highest BCUT2D eigenvalue weighted by atomic mass is 19.4. The molecule has 1 heterocycles. The van der Waals surface area contributed by atoms with E-state index in [0.29, 0.717) is 38.4 Å². The number of benzene rings is 1. The second kappa shape index (κ2) is 6.64. The minimum atomic E-state index is -4.15. The first-order chi connectivity index (χ1) is 9.83. The van der Waals surface area contributed by atoms with Gasteiger partial charge in [-0.05, 0) is 17.7 Å². The van der Waals surface area contributed by atoms with Crippen LogP contribution in [0, 0.1) is 0 Å². The van der Waals surface area contributed by atoms with Crippen molar-refractivity contribution < 1.29 is 18.3 Å². The molecule has 1 aliphatic rings. The number of halogens is 3. The monoisotopic (exact) mass is 303 g/mol. The van der Waals surface area contributed by atoms with Gasteiger partial charge in [0, 0.05) is 38.4 Å². The maximum absolute atomic E-state index is 12.3. The molecule has 118 valence electrons. The number of hydrogen-bond acceptors (Lipinski definition) is 4. The molecule has 0 aromatic heterocycles. The van der Waals surface area contributed by atoms with E-state index in [0.717, 1.165) is 5.56 Å². The maximum atomic E-state index is 12.3. The topological polar surface area (TPSA) is 52.7 Å². The number of piperazine rings is 1. The van der Waals surface area contributed by atoms with Gasteiger partial charge in [0.1, 0.15) is 0 Å². The van der Waals surface area contributed by atoms with Crippen LogP contribution in [0.15, 0.2) is 24.3 Å². The van der Waals surface area contributed by atoms with Gasteiger partial charge in [-0.3, -0.25) is 9.80 Å². The molecule has 1 aromatic rings. The van der Waals surface area contributed by atoms with Gasteiger partial charge < -0.3 is 10.8 Å². The standard InChI is InChI=1S/C14H20F3N3O/c15-14(16,17)10-20-7-5-19(6-8-20)9-13(21)11-1-3-12(18)4-2-11/h1-4,13,21H,5-10,18H2. The molecule has 1 atom stereocenters. The van der Waals surface area contributed by atoms with Gasteiger partial charge in [-0.1, -0.05) is 12.1 Å². The van der Waals surface area contributed by atoms with Crippen LogP contribution in [0.3, 0.4) is 0 Å².